The zero-order valence-corrected chi connectivity index (χ0v) is 12.0. The second-order valence-electron chi connectivity index (χ2n) is 4.19. The zero-order chi connectivity index (χ0) is 15.2. The Bertz CT molecular complexity index is 689. The first kappa shape index (κ1) is 14.8. The Morgan fingerprint density at radius 2 is 2.14 bits per heavy atom. The van der Waals surface area contributed by atoms with Crippen molar-refractivity contribution in [3.05, 3.63) is 52.2 Å². The predicted octanol–water partition coefficient (Wildman–Crippen LogP) is 3.07. The number of carbonyl (C=O) groups is 2. The lowest BCUT2D eigenvalue weighted by atomic mass is 10.2. The largest absolute Gasteiger partial charge is 0.444 e. The number of carbonyl (C=O) groups excluding carboxylic acids is 2. The minimum Gasteiger partial charge on any atom is -0.444 e. The van der Waals surface area contributed by atoms with E-state index >= 15 is 0 Å². The molecule has 0 fully saturated rings. The van der Waals surface area contributed by atoms with E-state index in [4.69, 9.17) is 10.00 Å². The summed E-state index contributed by atoms with van der Waals surface area (Å²) in [5.41, 5.74) is 0.772. The molecule has 0 unspecified atom stereocenters. The molecule has 1 aromatic heterocycles. The van der Waals surface area contributed by atoms with E-state index in [0.29, 0.717) is 10.6 Å². The SMILES string of the molecule is C[C@H](C#N)OC(=O)c1cccc(NC(=O)c2cccs2)c1. The van der Waals surface area contributed by atoms with E-state index in [0.717, 1.165) is 0 Å². The van der Waals surface area contributed by atoms with Gasteiger partial charge in [0.2, 0.25) is 0 Å². The number of esters is 1. The molecule has 0 spiro atoms. The van der Waals surface area contributed by atoms with Gasteiger partial charge < -0.3 is 10.1 Å². The molecule has 1 N–H and O–H groups in total. The van der Waals surface area contributed by atoms with E-state index in [-0.39, 0.29) is 11.5 Å². The fourth-order valence-corrected chi connectivity index (χ4v) is 2.20. The maximum absolute atomic E-state index is 11.9. The van der Waals surface area contributed by atoms with Crippen LogP contribution in [0.25, 0.3) is 0 Å². The van der Waals surface area contributed by atoms with Gasteiger partial charge >= 0.3 is 5.97 Å². The van der Waals surface area contributed by atoms with E-state index in [9.17, 15) is 9.59 Å². The lowest BCUT2D eigenvalue weighted by Gasteiger charge is -2.08. The molecule has 0 aliphatic rings. The molecule has 0 aliphatic carbocycles. The standard InChI is InChI=1S/C15H12N2O3S/c1-10(9-16)20-15(19)11-4-2-5-12(8-11)17-14(18)13-6-3-7-21-13/h2-8,10H,1H3,(H,17,18)/t10-/m1/s1. The molecule has 2 rings (SSSR count). The maximum atomic E-state index is 11.9. The van der Waals surface area contributed by atoms with Gasteiger partial charge in [-0.1, -0.05) is 12.1 Å². The summed E-state index contributed by atoms with van der Waals surface area (Å²) in [5.74, 6) is -0.836. The molecule has 5 nitrogen and oxygen atoms in total. The maximum Gasteiger partial charge on any atom is 0.339 e. The van der Waals surface area contributed by atoms with Gasteiger partial charge in [0.1, 0.15) is 6.07 Å². The molecular weight excluding hydrogens is 288 g/mol. The third-order valence-electron chi connectivity index (χ3n) is 2.57. The highest BCUT2D eigenvalue weighted by Crippen LogP contribution is 2.15. The molecule has 0 aliphatic heterocycles. The number of nitriles is 1. The molecule has 1 atom stereocenters. The van der Waals surface area contributed by atoms with Crippen molar-refractivity contribution in [1.29, 1.82) is 5.26 Å². The summed E-state index contributed by atoms with van der Waals surface area (Å²) >= 11 is 1.33. The van der Waals surface area contributed by atoms with Crippen LogP contribution in [-0.4, -0.2) is 18.0 Å². The van der Waals surface area contributed by atoms with Crippen LogP contribution in [0.1, 0.15) is 27.0 Å². The Morgan fingerprint density at radius 3 is 2.81 bits per heavy atom. The topological polar surface area (TPSA) is 79.2 Å². The van der Waals surface area contributed by atoms with Gasteiger partial charge in [-0.15, -0.1) is 11.3 Å². The van der Waals surface area contributed by atoms with Crippen LogP contribution < -0.4 is 5.32 Å². The minimum atomic E-state index is -0.818. The average Bonchev–Trinajstić information content (AvgIpc) is 3.01. The predicted molar refractivity (Wildman–Crippen MR) is 79.2 cm³/mol. The Kier molecular flexibility index (Phi) is 4.69. The van der Waals surface area contributed by atoms with E-state index in [1.54, 1.807) is 30.3 Å². The van der Waals surface area contributed by atoms with Crippen molar-refractivity contribution in [2.75, 3.05) is 5.32 Å². The van der Waals surface area contributed by atoms with Crippen LogP contribution in [0.3, 0.4) is 0 Å². The highest BCUT2D eigenvalue weighted by molar-refractivity contribution is 7.12. The van der Waals surface area contributed by atoms with Gasteiger partial charge in [-0.2, -0.15) is 5.26 Å². The van der Waals surface area contributed by atoms with Crippen molar-refractivity contribution in [1.82, 2.24) is 0 Å². The first-order chi connectivity index (χ1) is 10.1. The molecule has 0 saturated carbocycles. The summed E-state index contributed by atoms with van der Waals surface area (Å²) in [7, 11) is 0. The van der Waals surface area contributed by atoms with Crippen molar-refractivity contribution in [2.24, 2.45) is 0 Å². The summed E-state index contributed by atoms with van der Waals surface area (Å²) in [6.45, 7) is 1.49. The number of rotatable bonds is 4. The number of thiophene rings is 1. The second kappa shape index (κ2) is 6.68. The Morgan fingerprint density at radius 1 is 1.33 bits per heavy atom. The molecule has 1 heterocycles. The average molecular weight is 300 g/mol. The van der Waals surface area contributed by atoms with Gasteiger partial charge in [-0.3, -0.25) is 4.79 Å². The lowest BCUT2D eigenvalue weighted by molar-refractivity contribution is 0.0435. The van der Waals surface area contributed by atoms with Crippen LogP contribution in [0.2, 0.25) is 0 Å². The lowest BCUT2D eigenvalue weighted by Crippen LogP contribution is -2.14. The summed E-state index contributed by atoms with van der Waals surface area (Å²) in [6, 6.07) is 11.7. The van der Waals surface area contributed by atoms with Crippen LogP contribution >= 0.6 is 11.3 Å². The van der Waals surface area contributed by atoms with Gasteiger partial charge in [0.05, 0.1) is 10.4 Å². The summed E-state index contributed by atoms with van der Waals surface area (Å²) in [5, 5.41) is 13.1. The Balaban J connectivity index is 2.09. The van der Waals surface area contributed by atoms with Crippen LogP contribution in [-0.2, 0) is 4.74 Å². The zero-order valence-electron chi connectivity index (χ0n) is 11.2. The normalized spacial score (nSPS) is 11.2. The number of ether oxygens (including phenoxy) is 1. The number of anilines is 1. The van der Waals surface area contributed by atoms with Gasteiger partial charge in [-0.25, -0.2) is 4.79 Å². The number of amides is 1. The van der Waals surface area contributed by atoms with Gasteiger partial charge in [0.25, 0.3) is 5.91 Å². The number of nitrogens with zero attached hydrogens (tertiary/aromatic N) is 1. The van der Waals surface area contributed by atoms with Crippen LogP contribution in [0.5, 0.6) is 0 Å². The third-order valence-corrected chi connectivity index (χ3v) is 3.44. The van der Waals surface area contributed by atoms with Gasteiger partial charge in [0.15, 0.2) is 6.10 Å². The number of nitrogens with one attached hydrogen (secondary N) is 1. The van der Waals surface area contributed by atoms with Crippen molar-refractivity contribution in [3.63, 3.8) is 0 Å². The first-order valence-corrected chi connectivity index (χ1v) is 7.03. The smallest absolute Gasteiger partial charge is 0.339 e. The molecule has 21 heavy (non-hydrogen) atoms. The summed E-state index contributed by atoms with van der Waals surface area (Å²) in [4.78, 5) is 24.3. The molecule has 106 valence electrons. The molecular formula is C15H12N2O3S. The third kappa shape index (κ3) is 3.91. The van der Waals surface area contributed by atoms with E-state index in [1.165, 1.54) is 24.3 Å². The Hall–Kier alpha value is -2.65. The van der Waals surface area contributed by atoms with Crippen LogP contribution in [0.15, 0.2) is 41.8 Å². The number of benzene rings is 1. The highest BCUT2D eigenvalue weighted by Gasteiger charge is 2.13. The molecule has 6 heteroatoms. The van der Waals surface area contributed by atoms with Crippen molar-refractivity contribution >= 4 is 28.9 Å². The van der Waals surface area contributed by atoms with Crippen LogP contribution in [0, 0.1) is 11.3 Å². The van der Waals surface area contributed by atoms with Crippen molar-refractivity contribution < 1.29 is 14.3 Å². The molecule has 0 bridgehead atoms. The molecule has 1 aromatic carbocycles. The van der Waals surface area contributed by atoms with Crippen LogP contribution in [0.4, 0.5) is 5.69 Å². The second-order valence-corrected chi connectivity index (χ2v) is 5.14. The fourth-order valence-electron chi connectivity index (χ4n) is 1.58. The molecule has 0 saturated heterocycles. The molecule has 0 radical (unpaired) electrons. The molecule has 2 aromatic rings. The van der Waals surface area contributed by atoms with E-state index in [2.05, 4.69) is 5.32 Å². The van der Waals surface area contributed by atoms with Gasteiger partial charge in [-0.05, 0) is 36.6 Å². The van der Waals surface area contributed by atoms with E-state index in [1.807, 2.05) is 11.4 Å². The first-order valence-electron chi connectivity index (χ1n) is 6.15. The molecule has 1 amide bonds. The van der Waals surface area contributed by atoms with E-state index < -0.39 is 12.1 Å². The highest BCUT2D eigenvalue weighted by atomic mass is 32.1. The quantitative estimate of drug-likeness (QED) is 0.880. The van der Waals surface area contributed by atoms with Gasteiger partial charge in [0, 0.05) is 5.69 Å². The number of hydrogen-bond acceptors (Lipinski definition) is 5. The summed E-state index contributed by atoms with van der Waals surface area (Å²) in [6.07, 6.45) is -0.818. The minimum absolute atomic E-state index is 0.235. The summed E-state index contributed by atoms with van der Waals surface area (Å²) < 4.78 is 4.91. The number of hydrogen-bond donors (Lipinski definition) is 1. The fraction of sp³-hybridized carbons (Fsp3) is 0.133. The Labute approximate surface area is 125 Å². The monoisotopic (exact) mass is 300 g/mol. The van der Waals surface area contributed by atoms with Crippen molar-refractivity contribution in [2.45, 2.75) is 13.0 Å². The van der Waals surface area contributed by atoms with Crippen molar-refractivity contribution in [3.8, 4) is 6.07 Å².